The Morgan fingerprint density at radius 3 is 2.72 bits per heavy atom. The summed E-state index contributed by atoms with van der Waals surface area (Å²) in [6, 6.07) is 5.18. The van der Waals surface area contributed by atoms with Crippen LogP contribution < -0.4 is 4.74 Å². The number of halogens is 3. The Hall–Kier alpha value is -0.480. The molecule has 2 rings (SSSR count). The molecule has 2 aromatic rings. The summed E-state index contributed by atoms with van der Waals surface area (Å²) in [5.74, 6) is 1.08. The van der Waals surface area contributed by atoms with Gasteiger partial charge in [-0.25, -0.2) is 4.98 Å². The maximum Gasteiger partial charge on any atom is 0.147 e. The molecule has 1 heterocycles. The van der Waals surface area contributed by atoms with E-state index in [1.54, 1.807) is 18.2 Å². The summed E-state index contributed by atoms with van der Waals surface area (Å²) < 4.78 is 5.76. The highest BCUT2D eigenvalue weighted by Crippen LogP contribution is 2.30. The lowest BCUT2D eigenvalue weighted by Gasteiger charge is -2.12. The number of aromatic nitrogens is 1. The van der Waals surface area contributed by atoms with Crippen LogP contribution in [0.25, 0.3) is 0 Å². The second-order valence-corrected chi connectivity index (χ2v) is 5.62. The summed E-state index contributed by atoms with van der Waals surface area (Å²) in [7, 11) is 0. The van der Waals surface area contributed by atoms with Crippen molar-refractivity contribution >= 4 is 46.1 Å². The number of benzene rings is 1. The van der Waals surface area contributed by atoms with Crippen LogP contribution in [0.2, 0.25) is 10.0 Å². The fourth-order valence-electron chi connectivity index (χ4n) is 1.38. The molecule has 0 radical (unpaired) electrons. The Bertz CT molecular complexity index is 544. The zero-order valence-electron chi connectivity index (χ0n) is 9.49. The number of alkyl halides is 1. The lowest BCUT2D eigenvalue weighted by atomic mass is 10.3. The molecule has 96 valence electrons. The quantitative estimate of drug-likeness (QED) is 0.710. The van der Waals surface area contributed by atoms with Crippen molar-refractivity contribution in [1.29, 1.82) is 0 Å². The van der Waals surface area contributed by atoms with Gasteiger partial charge in [0.05, 0.1) is 21.6 Å². The third kappa shape index (κ3) is 3.29. The summed E-state index contributed by atoms with van der Waals surface area (Å²) in [6.45, 7) is 1.93. The highest BCUT2D eigenvalue weighted by molar-refractivity contribution is 7.09. The van der Waals surface area contributed by atoms with Crippen molar-refractivity contribution in [2.24, 2.45) is 0 Å². The van der Waals surface area contributed by atoms with Crippen LogP contribution in [0.5, 0.6) is 5.75 Å². The molecule has 0 bridgehead atoms. The van der Waals surface area contributed by atoms with Gasteiger partial charge in [-0.15, -0.1) is 22.9 Å². The lowest BCUT2D eigenvalue weighted by Crippen LogP contribution is -2.02. The Labute approximate surface area is 124 Å². The van der Waals surface area contributed by atoms with Gasteiger partial charge in [0.2, 0.25) is 0 Å². The summed E-state index contributed by atoms with van der Waals surface area (Å²) in [4.78, 5) is 4.37. The topological polar surface area (TPSA) is 22.1 Å². The van der Waals surface area contributed by atoms with Crippen molar-refractivity contribution in [3.63, 3.8) is 0 Å². The molecule has 0 aliphatic rings. The van der Waals surface area contributed by atoms with Gasteiger partial charge in [0.25, 0.3) is 0 Å². The molecule has 2 nitrogen and oxygen atoms in total. The fourth-order valence-corrected chi connectivity index (χ4v) is 2.69. The molecule has 1 atom stereocenters. The van der Waals surface area contributed by atoms with Gasteiger partial charge in [0, 0.05) is 11.4 Å². The Morgan fingerprint density at radius 1 is 1.33 bits per heavy atom. The van der Waals surface area contributed by atoms with Crippen molar-refractivity contribution in [3.8, 4) is 5.75 Å². The minimum Gasteiger partial charge on any atom is -0.483 e. The Morgan fingerprint density at radius 2 is 2.11 bits per heavy atom. The molecule has 18 heavy (non-hydrogen) atoms. The van der Waals surface area contributed by atoms with Gasteiger partial charge >= 0.3 is 0 Å². The lowest BCUT2D eigenvalue weighted by molar-refractivity contribution is 0.226. The van der Waals surface area contributed by atoms with Crippen LogP contribution in [-0.4, -0.2) is 4.98 Å². The van der Waals surface area contributed by atoms with Crippen molar-refractivity contribution in [2.45, 2.75) is 18.9 Å². The number of thiazole rings is 1. The molecular formula is C12H10Cl3NOS. The standard InChI is InChI=1S/C12H10Cl3NOS/c1-7(12-16-8(5-13)6-18-12)17-9-2-3-10(14)11(15)4-9/h2-4,6-7H,5H2,1H3. The molecule has 0 saturated carbocycles. The van der Waals surface area contributed by atoms with E-state index in [-0.39, 0.29) is 6.10 Å². The molecule has 0 fully saturated rings. The maximum absolute atomic E-state index is 5.93. The van der Waals surface area contributed by atoms with Crippen molar-refractivity contribution in [1.82, 2.24) is 4.98 Å². The monoisotopic (exact) mass is 321 g/mol. The van der Waals surface area contributed by atoms with E-state index in [2.05, 4.69) is 4.98 Å². The van der Waals surface area contributed by atoms with Crippen LogP contribution in [0.15, 0.2) is 23.6 Å². The largest absolute Gasteiger partial charge is 0.483 e. The molecule has 0 N–H and O–H groups in total. The predicted octanol–water partition coefficient (Wildman–Crippen LogP) is 5.33. The number of hydrogen-bond donors (Lipinski definition) is 0. The fraction of sp³-hybridized carbons (Fsp3) is 0.250. The molecule has 0 amide bonds. The van der Waals surface area contributed by atoms with Gasteiger partial charge in [0.15, 0.2) is 0 Å². The maximum atomic E-state index is 5.93. The molecule has 0 saturated heterocycles. The number of nitrogens with zero attached hydrogens (tertiary/aromatic N) is 1. The highest BCUT2D eigenvalue weighted by Gasteiger charge is 2.12. The molecular weight excluding hydrogens is 313 g/mol. The van der Waals surface area contributed by atoms with E-state index in [1.165, 1.54) is 11.3 Å². The first kappa shape index (κ1) is 13.9. The normalized spacial score (nSPS) is 12.4. The van der Waals surface area contributed by atoms with E-state index >= 15 is 0 Å². The van der Waals surface area contributed by atoms with Gasteiger partial charge in [0.1, 0.15) is 16.9 Å². The average Bonchev–Trinajstić information content (AvgIpc) is 2.82. The molecule has 1 aromatic heterocycles. The summed E-state index contributed by atoms with van der Waals surface area (Å²) in [5, 5.41) is 3.80. The zero-order chi connectivity index (χ0) is 13.1. The van der Waals surface area contributed by atoms with Gasteiger partial charge < -0.3 is 4.74 Å². The summed E-state index contributed by atoms with van der Waals surface area (Å²) in [5.41, 5.74) is 0.862. The van der Waals surface area contributed by atoms with Crippen LogP contribution >= 0.6 is 46.1 Å². The second kappa shape index (κ2) is 6.11. The van der Waals surface area contributed by atoms with Crippen LogP contribution in [0, 0.1) is 0 Å². The summed E-state index contributed by atoms with van der Waals surface area (Å²) in [6.07, 6.45) is -0.149. The van der Waals surface area contributed by atoms with Gasteiger partial charge in [-0.2, -0.15) is 0 Å². The third-order valence-corrected chi connectivity index (χ3v) is 4.33. The van der Waals surface area contributed by atoms with Crippen molar-refractivity contribution in [2.75, 3.05) is 0 Å². The first-order valence-corrected chi connectivity index (χ1v) is 7.39. The highest BCUT2D eigenvalue weighted by atomic mass is 35.5. The number of ether oxygens (including phenoxy) is 1. The van der Waals surface area contributed by atoms with E-state index in [9.17, 15) is 0 Å². The second-order valence-electron chi connectivity index (χ2n) is 3.65. The van der Waals surface area contributed by atoms with E-state index in [4.69, 9.17) is 39.5 Å². The van der Waals surface area contributed by atoms with E-state index in [1.807, 2.05) is 12.3 Å². The smallest absolute Gasteiger partial charge is 0.147 e. The third-order valence-electron chi connectivity index (χ3n) is 2.26. The number of rotatable bonds is 4. The predicted molar refractivity (Wildman–Crippen MR) is 77.2 cm³/mol. The molecule has 0 aliphatic carbocycles. The van der Waals surface area contributed by atoms with Crippen LogP contribution in [0.3, 0.4) is 0 Å². The Balaban J connectivity index is 2.10. The van der Waals surface area contributed by atoms with E-state index < -0.39 is 0 Å². The van der Waals surface area contributed by atoms with E-state index in [0.29, 0.717) is 21.7 Å². The number of hydrogen-bond acceptors (Lipinski definition) is 3. The molecule has 6 heteroatoms. The Kier molecular flexibility index (Phi) is 4.73. The molecule has 0 spiro atoms. The molecule has 1 aromatic carbocycles. The van der Waals surface area contributed by atoms with Gasteiger partial charge in [-0.3, -0.25) is 0 Å². The average molecular weight is 323 g/mol. The van der Waals surface area contributed by atoms with Crippen LogP contribution in [0.4, 0.5) is 0 Å². The summed E-state index contributed by atoms with van der Waals surface area (Å²) >= 11 is 19.0. The van der Waals surface area contributed by atoms with Gasteiger partial charge in [-0.1, -0.05) is 23.2 Å². The SMILES string of the molecule is CC(Oc1ccc(Cl)c(Cl)c1)c1nc(CCl)cs1. The van der Waals surface area contributed by atoms with Crippen molar-refractivity contribution < 1.29 is 4.74 Å². The minimum absolute atomic E-state index is 0.149. The van der Waals surface area contributed by atoms with E-state index in [0.717, 1.165) is 10.7 Å². The first-order chi connectivity index (χ1) is 8.60. The van der Waals surface area contributed by atoms with Crippen LogP contribution in [0.1, 0.15) is 23.7 Å². The van der Waals surface area contributed by atoms with Crippen LogP contribution in [-0.2, 0) is 5.88 Å². The molecule has 0 aliphatic heterocycles. The molecule has 1 unspecified atom stereocenters. The van der Waals surface area contributed by atoms with Crippen molar-refractivity contribution in [3.05, 3.63) is 44.3 Å². The first-order valence-electron chi connectivity index (χ1n) is 5.22. The van der Waals surface area contributed by atoms with Gasteiger partial charge in [-0.05, 0) is 19.1 Å². The minimum atomic E-state index is -0.149. The zero-order valence-corrected chi connectivity index (χ0v) is 12.6.